The molecule has 5 nitrogen and oxygen atoms in total. The Balaban J connectivity index is 0.000000151. The number of ether oxygens (including phenoxy) is 1. The molecule has 0 spiro atoms. The van der Waals surface area contributed by atoms with Crippen LogP contribution in [0.2, 0.25) is 5.15 Å². The number of fused-ring (bicyclic) bond motifs is 2. The molecule has 6 aromatic carbocycles. The summed E-state index contributed by atoms with van der Waals surface area (Å²) in [6, 6.07) is 52.4. The van der Waals surface area contributed by atoms with Gasteiger partial charge in [0.2, 0.25) is 0 Å². The number of methoxy groups -OCH3 is 1. The summed E-state index contributed by atoms with van der Waals surface area (Å²) >= 11 is 5.88. The van der Waals surface area contributed by atoms with Gasteiger partial charge in [0.1, 0.15) is 10.9 Å². The van der Waals surface area contributed by atoms with Gasteiger partial charge < -0.3 is 14.8 Å². The minimum Gasteiger partial charge on any atom is -0.496 e. The van der Waals surface area contributed by atoms with Crippen LogP contribution in [-0.2, 0) is 0 Å². The van der Waals surface area contributed by atoms with Gasteiger partial charge in [-0.25, -0.2) is 9.97 Å². The maximum Gasteiger partial charge on any atom is 0.488 e. The van der Waals surface area contributed by atoms with E-state index in [1.165, 1.54) is 103 Å². The summed E-state index contributed by atoms with van der Waals surface area (Å²) in [4.78, 5) is 9.09. The fraction of sp³-hybridized carbons (Fsp3) is 0.344. The third-order valence-electron chi connectivity index (χ3n) is 14.3. The molecule has 2 N–H and O–H groups in total. The summed E-state index contributed by atoms with van der Waals surface area (Å²) < 4.78 is 5.81. The van der Waals surface area contributed by atoms with E-state index >= 15 is 0 Å². The zero-order chi connectivity index (χ0) is 51.1. The fourth-order valence-electron chi connectivity index (χ4n) is 10.3. The van der Waals surface area contributed by atoms with E-state index in [-0.39, 0.29) is 7.92 Å². The number of hydrogen-bond acceptors (Lipinski definition) is 5. The first-order valence-electron chi connectivity index (χ1n) is 26.3. The summed E-state index contributed by atoms with van der Waals surface area (Å²) in [6.45, 7) is 14.9. The topological polar surface area (TPSA) is 75.5 Å². The number of aryl methyl sites for hydroxylation is 3. The molecule has 10 rings (SSSR count). The third kappa shape index (κ3) is 14.2. The molecular formula is C64H75BClN2O3P. The molecule has 2 aromatic heterocycles. The summed E-state index contributed by atoms with van der Waals surface area (Å²) in [5, 5.41) is 22.4. The van der Waals surface area contributed by atoms with Crippen molar-refractivity contribution in [2.24, 2.45) is 0 Å². The van der Waals surface area contributed by atoms with E-state index in [1.807, 2.05) is 68.6 Å². The maximum absolute atomic E-state index is 8.89. The zero-order valence-electron chi connectivity index (χ0n) is 43.9. The van der Waals surface area contributed by atoms with E-state index in [1.54, 1.807) is 11.4 Å². The van der Waals surface area contributed by atoms with E-state index < -0.39 is 7.12 Å². The van der Waals surface area contributed by atoms with Crippen LogP contribution in [0.15, 0.2) is 152 Å². The Morgan fingerprint density at radius 3 is 1.68 bits per heavy atom. The lowest BCUT2D eigenvalue weighted by Crippen LogP contribution is -2.29. The van der Waals surface area contributed by atoms with Gasteiger partial charge in [-0.3, -0.25) is 0 Å². The Hall–Kier alpha value is -5.36. The number of benzene rings is 6. The number of para-hydroxylation sites is 2. The van der Waals surface area contributed by atoms with Crippen molar-refractivity contribution in [2.45, 2.75) is 136 Å². The molecule has 0 bridgehead atoms. The van der Waals surface area contributed by atoms with Crippen LogP contribution >= 0.6 is 19.5 Å². The monoisotopic (exact) mass is 997 g/mol. The first-order chi connectivity index (χ1) is 34.8. The molecule has 2 aliphatic carbocycles. The molecule has 0 aliphatic heterocycles. The maximum atomic E-state index is 8.89. The molecule has 2 aliphatic rings. The molecule has 2 heterocycles. The number of aromatic nitrogens is 2. The van der Waals surface area contributed by atoms with Crippen molar-refractivity contribution in [3.05, 3.63) is 185 Å². The Bertz CT molecular complexity index is 2920. The van der Waals surface area contributed by atoms with Gasteiger partial charge in [0.25, 0.3) is 0 Å². The first-order valence-corrected chi connectivity index (χ1v) is 28.1. The normalized spacial score (nSPS) is 14.0. The highest BCUT2D eigenvalue weighted by atomic mass is 35.5. The van der Waals surface area contributed by atoms with E-state index in [0.29, 0.717) is 22.5 Å². The SMILES string of the molecule is CC(C)c1cccc(B(O)O)c1.COc1cccc(C)c1-c1ccccc1P(C1CCCCC1)C1CCCCC1.Cc1cc2ccccc2nc1-c1cccc(C(C)C)c1.Cc1cc2ccccc2nc1Cl. The largest absolute Gasteiger partial charge is 0.496 e. The van der Waals surface area contributed by atoms with Gasteiger partial charge in [0, 0.05) is 21.9 Å². The molecule has 8 heteroatoms. The molecule has 0 atom stereocenters. The van der Waals surface area contributed by atoms with Crippen molar-refractivity contribution < 1.29 is 14.8 Å². The van der Waals surface area contributed by atoms with E-state index in [4.69, 9.17) is 31.4 Å². The van der Waals surface area contributed by atoms with E-state index in [0.717, 1.165) is 50.3 Å². The predicted octanol–water partition coefficient (Wildman–Crippen LogP) is 16.5. The minimum absolute atomic E-state index is 0.122. The fourth-order valence-corrected chi connectivity index (χ4v) is 14.4. The molecule has 8 aromatic rings. The van der Waals surface area contributed by atoms with Gasteiger partial charge in [0.15, 0.2) is 0 Å². The number of pyridine rings is 2. The summed E-state index contributed by atoms with van der Waals surface area (Å²) in [7, 11) is 0.332. The van der Waals surface area contributed by atoms with Gasteiger partial charge in [-0.05, 0) is 150 Å². The smallest absolute Gasteiger partial charge is 0.488 e. The van der Waals surface area contributed by atoms with E-state index in [2.05, 4.69) is 138 Å². The molecule has 0 amide bonds. The van der Waals surface area contributed by atoms with Crippen LogP contribution < -0.4 is 15.5 Å². The number of hydrogen-bond donors (Lipinski definition) is 2. The average molecular weight is 998 g/mol. The molecule has 72 heavy (non-hydrogen) atoms. The van der Waals surface area contributed by atoms with Crippen molar-refractivity contribution >= 4 is 59.2 Å². The Morgan fingerprint density at radius 2 is 1.08 bits per heavy atom. The second-order valence-electron chi connectivity index (χ2n) is 20.3. The Labute approximate surface area is 437 Å². The van der Waals surface area contributed by atoms with Crippen LogP contribution in [0, 0.1) is 20.8 Å². The highest BCUT2D eigenvalue weighted by molar-refractivity contribution is 7.67. The van der Waals surface area contributed by atoms with Gasteiger partial charge >= 0.3 is 7.12 Å². The molecule has 0 unspecified atom stereocenters. The second-order valence-corrected chi connectivity index (χ2v) is 23.4. The molecule has 374 valence electrons. The lowest BCUT2D eigenvalue weighted by Gasteiger charge is -2.39. The van der Waals surface area contributed by atoms with Crippen LogP contribution in [0.5, 0.6) is 5.75 Å². The number of nitrogens with zero attached hydrogens (tertiary/aromatic N) is 2. The van der Waals surface area contributed by atoms with Crippen molar-refractivity contribution in [1.82, 2.24) is 9.97 Å². The first kappa shape index (κ1) is 54.4. The zero-order valence-corrected chi connectivity index (χ0v) is 45.6. The summed E-state index contributed by atoms with van der Waals surface area (Å²) in [6.07, 6.45) is 14.4. The Kier molecular flexibility index (Phi) is 20.1. The van der Waals surface area contributed by atoms with Crippen molar-refractivity contribution in [3.63, 3.8) is 0 Å². The quantitative estimate of drug-likeness (QED) is 0.0856. The Morgan fingerprint density at radius 1 is 0.556 bits per heavy atom. The van der Waals surface area contributed by atoms with Crippen molar-refractivity contribution in [3.8, 4) is 28.1 Å². The lowest BCUT2D eigenvalue weighted by molar-refractivity contribution is 0.416. The van der Waals surface area contributed by atoms with Crippen molar-refractivity contribution in [2.75, 3.05) is 7.11 Å². The number of halogens is 1. The lowest BCUT2D eigenvalue weighted by atomic mass is 9.79. The van der Waals surface area contributed by atoms with Gasteiger partial charge in [-0.1, -0.05) is 201 Å². The second kappa shape index (κ2) is 26.6. The van der Waals surface area contributed by atoms with Crippen molar-refractivity contribution in [1.29, 1.82) is 0 Å². The molecule has 2 fully saturated rings. The molecular weight excluding hydrogens is 922 g/mol. The molecule has 0 radical (unpaired) electrons. The van der Waals surface area contributed by atoms with Gasteiger partial charge in [-0.2, -0.15) is 0 Å². The van der Waals surface area contributed by atoms with Gasteiger partial charge in [-0.15, -0.1) is 0 Å². The molecule has 0 saturated heterocycles. The molecule has 2 saturated carbocycles. The minimum atomic E-state index is -1.36. The van der Waals surface area contributed by atoms with Crippen LogP contribution in [0.3, 0.4) is 0 Å². The predicted molar refractivity (Wildman–Crippen MR) is 311 cm³/mol. The van der Waals surface area contributed by atoms with Gasteiger partial charge in [0.05, 0.1) is 23.8 Å². The van der Waals surface area contributed by atoms with Crippen LogP contribution in [0.4, 0.5) is 0 Å². The highest BCUT2D eigenvalue weighted by Gasteiger charge is 2.34. The summed E-state index contributed by atoms with van der Waals surface area (Å²) in [5.41, 5.74) is 15.5. The van der Waals surface area contributed by atoms with Crippen LogP contribution in [0.25, 0.3) is 44.2 Å². The summed E-state index contributed by atoms with van der Waals surface area (Å²) in [5.74, 6) is 1.98. The number of rotatable bonds is 9. The highest BCUT2D eigenvalue weighted by Crippen LogP contribution is 2.56. The van der Waals surface area contributed by atoms with Crippen LogP contribution in [0.1, 0.15) is 132 Å². The van der Waals surface area contributed by atoms with Crippen LogP contribution in [-0.4, -0.2) is 45.6 Å². The average Bonchev–Trinajstić information content (AvgIpc) is 3.40. The van der Waals surface area contributed by atoms with E-state index in [9.17, 15) is 0 Å². The third-order valence-corrected chi connectivity index (χ3v) is 18.2. The standard InChI is InChI=1S/C26H35OP.C19H19N.C10H8ClN.C9H13BO2/c1-20-12-11-18-24(27-2)26(20)23-17-9-10-19-25(23)28(21-13-5-3-6-14-21)22-15-7-4-8-16-22;1-13(2)15-8-6-9-17(12-15)19-14(3)11-16-7-4-5-10-18(16)20-19;1-7-6-8-4-2-3-5-9(8)12-10(7)11;1-7(2)8-4-3-5-9(6-8)10(11)12/h9-12,17-19,21-22H,3-8,13-16H2,1-2H3;4-13H,1-3H3;2-6H,1H3;3-7,11-12H,1-2H3.